The Hall–Kier alpha value is -0.980. The zero-order chi connectivity index (χ0) is 8.55. The molecule has 1 aliphatic heterocycles. The van der Waals surface area contributed by atoms with E-state index in [1.165, 1.54) is 17.5 Å². The average Bonchev–Trinajstić information content (AvgIpc) is 2.84. The standard InChI is InChI=1S/C11H14O/c1-3-5-9-8(4-2)6-7-10-11(9)12-10/h6-7H,3-5H2,1-2H3. The fourth-order valence-corrected chi connectivity index (χ4v) is 1.68. The molecule has 0 atom stereocenters. The summed E-state index contributed by atoms with van der Waals surface area (Å²) in [6, 6.07) is 4.27. The normalized spacial score (nSPS) is 12.2. The largest absolute Gasteiger partial charge is 0.449 e. The second-order valence-corrected chi connectivity index (χ2v) is 3.24. The molecule has 2 rings (SSSR count). The van der Waals surface area contributed by atoms with E-state index in [1.54, 1.807) is 0 Å². The van der Waals surface area contributed by atoms with Crippen LogP contribution in [0.2, 0.25) is 0 Å². The number of fused-ring (bicyclic) bond motifs is 1. The van der Waals surface area contributed by atoms with Gasteiger partial charge in [0.05, 0.1) is 0 Å². The van der Waals surface area contributed by atoms with E-state index in [4.69, 9.17) is 4.74 Å². The van der Waals surface area contributed by atoms with Crippen LogP contribution >= 0.6 is 0 Å². The molecular weight excluding hydrogens is 148 g/mol. The maximum atomic E-state index is 5.36. The Morgan fingerprint density at radius 1 is 1.25 bits per heavy atom. The third-order valence-corrected chi connectivity index (χ3v) is 2.37. The lowest BCUT2D eigenvalue weighted by Crippen LogP contribution is -1.88. The molecule has 0 bridgehead atoms. The maximum Gasteiger partial charge on any atom is 0.173 e. The topological polar surface area (TPSA) is 12.5 Å². The van der Waals surface area contributed by atoms with Crippen LogP contribution in [0.1, 0.15) is 31.4 Å². The van der Waals surface area contributed by atoms with Crippen LogP contribution in [0.3, 0.4) is 0 Å². The van der Waals surface area contributed by atoms with E-state index in [2.05, 4.69) is 26.0 Å². The number of rotatable bonds is 3. The molecule has 12 heavy (non-hydrogen) atoms. The minimum Gasteiger partial charge on any atom is -0.449 e. The van der Waals surface area contributed by atoms with Gasteiger partial charge < -0.3 is 4.74 Å². The Labute approximate surface area is 73.4 Å². The van der Waals surface area contributed by atoms with Gasteiger partial charge in [0.2, 0.25) is 0 Å². The van der Waals surface area contributed by atoms with Crippen LogP contribution in [0.15, 0.2) is 12.1 Å². The maximum absolute atomic E-state index is 5.36. The molecule has 0 aliphatic carbocycles. The minimum absolute atomic E-state index is 1.09. The molecule has 1 heterocycles. The van der Waals surface area contributed by atoms with Gasteiger partial charge in [0.25, 0.3) is 0 Å². The molecule has 0 saturated heterocycles. The molecule has 0 spiro atoms. The first-order valence-corrected chi connectivity index (χ1v) is 4.69. The van der Waals surface area contributed by atoms with Crippen LogP contribution in [0.25, 0.3) is 0 Å². The van der Waals surface area contributed by atoms with E-state index >= 15 is 0 Å². The summed E-state index contributed by atoms with van der Waals surface area (Å²) >= 11 is 0. The van der Waals surface area contributed by atoms with Gasteiger partial charge in [0.1, 0.15) is 0 Å². The smallest absolute Gasteiger partial charge is 0.173 e. The highest BCUT2D eigenvalue weighted by atomic mass is 16.6. The SMILES string of the molecule is CCCc1c(CC)ccc2c1O2. The highest BCUT2D eigenvalue weighted by Crippen LogP contribution is 2.49. The van der Waals surface area contributed by atoms with Crippen LogP contribution in [-0.2, 0) is 12.8 Å². The predicted molar refractivity (Wildman–Crippen MR) is 49.9 cm³/mol. The summed E-state index contributed by atoms with van der Waals surface area (Å²) in [5.41, 5.74) is 2.89. The molecule has 0 fully saturated rings. The van der Waals surface area contributed by atoms with E-state index in [-0.39, 0.29) is 0 Å². The van der Waals surface area contributed by atoms with Crippen molar-refractivity contribution in [2.45, 2.75) is 33.1 Å². The van der Waals surface area contributed by atoms with Gasteiger partial charge in [0, 0.05) is 5.56 Å². The van der Waals surface area contributed by atoms with Crippen molar-refractivity contribution in [1.82, 2.24) is 0 Å². The van der Waals surface area contributed by atoms with Crippen molar-refractivity contribution in [1.29, 1.82) is 0 Å². The van der Waals surface area contributed by atoms with Gasteiger partial charge in [-0.25, -0.2) is 0 Å². The van der Waals surface area contributed by atoms with Crippen molar-refractivity contribution in [2.24, 2.45) is 0 Å². The van der Waals surface area contributed by atoms with Gasteiger partial charge in [-0.2, -0.15) is 0 Å². The Morgan fingerprint density at radius 2 is 2.08 bits per heavy atom. The lowest BCUT2D eigenvalue weighted by Gasteiger charge is -2.01. The highest BCUT2D eigenvalue weighted by Gasteiger charge is 2.25. The van der Waals surface area contributed by atoms with E-state index < -0.39 is 0 Å². The molecule has 0 unspecified atom stereocenters. The first-order valence-electron chi connectivity index (χ1n) is 4.69. The van der Waals surface area contributed by atoms with E-state index in [1.807, 2.05) is 0 Å². The van der Waals surface area contributed by atoms with Crippen molar-refractivity contribution in [3.63, 3.8) is 0 Å². The zero-order valence-electron chi connectivity index (χ0n) is 7.68. The number of hydrogen-bond acceptors (Lipinski definition) is 1. The van der Waals surface area contributed by atoms with Crippen LogP contribution in [0.4, 0.5) is 0 Å². The monoisotopic (exact) mass is 162 g/mol. The Bertz CT molecular complexity index is 302. The third-order valence-electron chi connectivity index (χ3n) is 2.37. The number of hydrogen-bond donors (Lipinski definition) is 0. The summed E-state index contributed by atoms with van der Waals surface area (Å²) in [6.45, 7) is 4.41. The zero-order valence-corrected chi connectivity index (χ0v) is 7.68. The summed E-state index contributed by atoms with van der Waals surface area (Å²) in [6.07, 6.45) is 3.48. The van der Waals surface area contributed by atoms with Crippen molar-refractivity contribution < 1.29 is 4.74 Å². The number of ether oxygens (including phenoxy) is 1. The molecule has 1 aromatic carbocycles. The second kappa shape index (κ2) is 2.81. The highest BCUT2D eigenvalue weighted by molar-refractivity contribution is 5.61. The molecule has 0 saturated carbocycles. The van der Waals surface area contributed by atoms with Gasteiger partial charge in [0.15, 0.2) is 11.5 Å². The van der Waals surface area contributed by atoms with Gasteiger partial charge in [-0.1, -0.05) is 26.3 Å². The van der Waals surface area contributed by atoms with Gasteiger partial charge in [-0.05, 0) is 24.5 Å². The van der Waals surface area contributed by atoms with Crippen LogP contribution in [-0.4, -0.2) is 0 Å². The molecule has 1 nitrogen and oxygen atoms in total. The summed E-state index contributed by atoms with van der Waals surface area (Å²) in [5, 5.41) is 0. The molecule has 0 N–H and O–H groups in total. The lowest BCUT2D eigenvalue weighted by atomic mass is 10.0. The Kier molecular flexibility index (Phi) is 1.80. The summed E-state index contributed by atoms with van der Waals surface area (Å²) in [5.74, 6) is 2.26. The molecule has 1 aliphatic rings. The van der Waals surface area contributed by atoms with E-state index in [0.29, 0.717) is 0 Å². The lowest BCUT2D eigenvalue weighted by molar-refractivity contribution is 0.641. The van der Waals surface area contributed by atoms with Crippen molar-refractivity contribution in [2.75, 3.05) is 0 Å². The summed E-state index contributed by atoms with van der Waals surface area (Å²) < 4.78 is 5.36. The van der Waals surface area contributed by atoms with Crippen LogP contribution in [0, 0.1) is 0 Å². The molecule has 64 valence electrons. The second-order valence-electron chi connectivity index (χ2n) is 3.24. The molecule has 0 radical (unpaired) electrons. The summed E-state index contributed by atoms with van der Waals surface area (Å²) in [7, 11) is 0. The fraction of sp³-hybridized carbons (Fsp3) is 0.455. The van der Waals surface area contributed by atoms with Crippen LogP contribution < -0.4 is 4.74 Å². The average molecular weight is 162 g/mol. The Morgan fingerprint density at radius 3 is 2.75 bits per heavy atom. The first-order chi connectivity index (χ1) is 5.86. The van der Waals surface area contributed by atoms with Gasteiger partial charge in [-0.15, -0.1) is 0 Å². The van der Waals surface area contributed by atoms with Crippen molar-refractivity contribution in [3.8, 4) is 11.5 Å². The van der Waals surface area contributed by atoms with Crippen LogP contribution in [0.5, 0.6) is 11.5 Å². The quantitative estimate of drug-likeness (QED) is 0.631. The number of benzene rings is 1. The molecule has 1 heteroatoms. The van der Waals surface area contributed by atoms with Gasteiger partial charge in [-0.3, -0.25) is 0 Å². The first kappa shape index (κ1) is 7.66. The minimum atomic E-state index is 1.09. The molecule has 1 aromatic rings. The third kappa shape index (κ3) is 1.09. The fourth-order valence-electron chi connectivity index (χ4n) is 1.68. The molecule has 0 amide bonds. The Balaban J connectivity index is 2.37. The van der Waals surface area contributed by atoms with Crippen molar-refractivity contribution in [3.05, 3.63) is 23.3 Å². The van der Waals surface area contributed by atoms with E-state index in [9.17, 15) is 0 Å². The molecule has 0 aromatic heterocycles. The summed E-state index contributed by atoms with van der Waals surface area (Å²) in [4.78, 5) is 0. The van der Waals surface area contributed by atoms with Gasteiger partial charge >= 0.3 is 0 Å². The predicted octanol–water partition coefficient (Wildman–Crippen LogP) is 3.31. The van der Waals surface area contributed by atoms with E-state index in [0.717, 1.165) is 24.3 Å². The molecular formula is C11H14O. The number of aryl methyl sites for hydroxylation is 1. The van der Waals surface area contributed by atoms with Crippen molar-refractivity contribution >= 4 is 0 Å².